The fourth-order valence-corrected chi connectivity index (χ4v) is 6.61. The van der Waals surface area contributed by atoms with E-state index in [1.54, 1.807) is 11.3 Å². The average Bonchev–Trinajstić information content (AvgIpc) is 3.40. The first-order chi connectivity index (χ1) is 18.5. The fourth-order valence-electron chi connectivity index (χ4n) is 5.24. The van der Waals surface area contributed by atoms with Crippen LogP contribution in [0.5, 0.6) is 0 Å². The van der Waals surface area contributed by atoms with E-state index >= 15 is 0 Å². The highest BCUT2D eigenvalue weighted by Crippen LogP contribution is 2.36. The van der Waals surface area contributed by atoms with Crippen molar-refractivity contribution in [3.8, 4) is 0 Å². The van der Waals surface area contributed by atoms with E-state index in [0.29, 0.717) is 26.1 Å². The van der Waals surface area contributed by atoms with Crippen LogP contribution in [-0.2, 0) is 11.3 Å². The predicted molar refractivity (Wildman–Crippen MR) is 154 cm³/mol. The molecule has 0 bridgehead atoms. The molecule has 0 saturated carbocycles. The van der Waals surface area contributed by atoms with Gasteiger partial charge in [-0.15, -0.1) is 11.3 Å². The summed E-state index contributed by atoms with van der Waals surface area (Å²) < 4.78 is 7.55. The number of thiol groups is 1. The molecule has 7 heteroatoms. The summed E-state index contributed by atoms with van der Waals surface area (Å²) in [5.74, 6) is 0.0842. The lowest BCUT2D eigenvalue weighted by molar-refractivity contribution is -0.268. The number of ether oxygens (including phenoxy) is 1. The number of likely N-dealkylation sites (tertiary alicyclic amines) is 1. The molecule has 0 spiro atoms. The molecule has 3 unspecified atom stereocenters. The molecule has 6 rings (SSSR count). The Morgan fingerprint density at radius 3 is 2.58 bits per heavy atom. The van der Waals surface area contributed by atoms with Crippen LogP contribution in [-0.4, -0.2) is 35.2 Å². The molecule has 1 amide bonds. The second-order valence-electron chi connectivity index (χ2n) is 9.73. The predicted octanol–water partition coefficient (Wildman–Crippen LogP) is 6.19. The van der Waals surface area contributed by atoms with Gasteiger partial charge in [-0.1, -0.05) is 72.8 Å². The van der Waals surface area contributed by atoms with Crippen molar-refractivity contribution in [2.45, 2.75) is 30.3 Å². The maximum Gasteiger partial charge on any atom is 0.137 e. The Bertz CT molecular complexity index is 1550. The highest BCUT2D eigenvalue weighted by Gasteiger charge is 2.31. The molecule has 192 valence electrons. The van der Waals surface area contributed by atoms with Crippen LogP contribution in [0.25, 0.3) is 21.0 Å². The van der Waals surface area contributed by atoms with E-state index in [2.05, 4.69) is 60.7 Å². The molecule has 3 atom stereocenters. The lowest BCUT2D eigenvalue weighted by Crippen LogP contribution is -2.51. The van der Waals surface area contributed by atoms with Crippen LogP contribution in [0, 0.1) is 0 Å². The summed E-state index contributed by atoms with van der Waals surface area (Å²) in [4.78, 5) is 17.7. The minimum Gasteiger partial charge on any atom is -0.530 e. The van der Waals surface area contributed by atoms with Crippen molar-refractivity contribution in [3.63, 3.8) is 0 Å². The lowest BCUT2D eigenvalue weighted by Gasteiger charge is -2.40. The molecule has 1 aliphatic heterocycles. The van der Waals surface area contributed by atoms with Crippen molar-refractivity contribution in [1.82, 2.24) is 9.88 Å². The molecule has 1 fully saturated rings. The van der Waals surface area contributed by atoms with Gasteiger partial charge in [-0.05, 0) is 52.1 Å². The van der Waals surface area contributed by atoms with Gasteiger partial charge in [0.1, 0.15) is 11.1 Å². The number of hydrogen-bond donors (Lipinski definition) is 1. The van der Waals surface area contributed by atoms with E-state index < -0.39 is 6.09 Å². The van der Waals surface area contributed by atoms with Gasteiger partial charge < -0.3 is 19.5 Å². The third-order valence-electron chi connectivity index (χ3n) is 7.32. The van der Waals surface area contributed by atoms with E-state index in [-0.39, 0.29) is 17.3 Å². The van der Waals surface area contributed by atoms with Crippen LogP contribution in [0.1, 0.15) is 39.3 Å². The van der Waals surface area contributed by atoms with Crippen molar-refractivity contribution in [3.05, 3.63) is 113 Å². The maximum absolute atomic E-state index is 11.6. The first kappa shape index (κ1) is 24.9. The van der Waals surface area contributed by atoms with Crippen molar-refractivity contribution in [1.29, 1.82) is 0 Å². The quantitative estimate of drug-likeness (QED) is 0.262. The molecule has 2 heterocycles. The van der Waals surface area contributed by atoms with Crippen LogP contribution < -0.4 is 5.11 Å². The smallest absolute Gasteiger partial charge is 0.137 e. The molecule has 38 heavy (non-hydrogen) atoms. The van der Waals surface area contributed by atoms with Gasteiger partial charge in [0.25, 0.3) is 0 Å². The third-order valence-corrected chi connectivity index (χ3v) is 9.14. The topological polar surface area (TPSA) is 65.5 Å². The fraction of sp³-hybridized carbons (Fsp3) is 0.226. The summed E-state index contributed by atoms with van der Waals surface area (Å²) in [7, 11) is 0. The van der Waals surface area contributed by atoms with Gasteiger partial charge in [0.15, 0.2) is 0 Å². The molecule has 0 radical (unpaired) electrons. The zero-order valence-electron chi connectivity index (χ0n) is 20.7. The number of rotatable bonds is 6. The molecule has 5 nitrogen and oxygen atoms in total. The first-order valence-electron chi connectivity index (χ1n) is 12.7. The van der Waals surface area contributed by atoms with Crippen molar-refractivity contribution in [2.75, 3.05) is 13.1 Å². The number of piperidine rings is 1. The Morgan fingerprint density at radius 1 is 1.03 bits per heavy atom. The van der Waals surface area contributed by atoms with Gasteiger partial charge >= 0.3 is 0 Å². The minimum absolute atomic E-state index is 0.0842. The van der Waals surface area contributed by atoms with Gasteiger partial charge in [-0.2, -0.15) is 12.6 Å². The Hall–Kier alpha value is -3.39. The van der Waals surface area contributed by atoms with Crippen molar-refractivity contribution in [2.24, 2.45) is 0 Å². The Kier molecular flexibility index (Phi) is 7.06. The molecular formula is C31H27N2O3S2-. The van der Waals surface area contributed by atoms with Gasteiger partial charge in [-0.25, -0.2) is 4.98 Å². The Balaban J connectivity index is 1.20. The number of nitrogens with zero attached hydrogens (tertiary/aromatic N) is 2. The summed E-state index contributed by atoms with van der Waals surface area (Å²) in [6, 6.07) is 31.1. The van der Waals surface area contributed by atoms with Gasteiger partial charge in [0.2, 0.25) is 0 Å². The van der Waals surface area contributed by atoms with Crippen LogP contribution in [0.2, 0.25) is 0 Å². The van der Waals surface area contributed by atoms with Crippen LogP contribution in [0.3, 0.4) is 0 Å². The number of para-hydroxylation sites is 1. The van der Waals surface area contributed by atoms with E-state index in [1.165, 1.54) is 10.3 Å². The number of benzene rings is 4. The normalized spacial score (nSPS) is 18.6. The van der Waals surface area contributed by atoms with E-state index in [9.17, 15) is 9.90 Å². The van der Waals surface area contributed by atoms with Gasteiger partial charge in [0.05, 0.1) is 28.2 Å². The SMILES string of the molecule is O=C([O-])N1CCC(c2ccc(C(S)c3nc4ccccc4s3)cc2)C(OCc2ccc3ccccc3c2)C1. The maximum atomic E-state index is 11.6. The number of fused-ring (bicyclic) bond motifs is 2. The second kappa shape index (κ2) is 10.8. The highest BCUT2D eigenvalue weighted by atomic mass is 32.1. The molecule has 1 aliphatic rings. The van der Waals surface area contributed by atoms with Crippen LogP contribution >= 0.6 is 24.0 Å². The molecule has 0 aliphatic carbocycles. The zero-order valence-corrected chi connectivity index (χ0v) is 22.4. The standard InChI is InChI=1S/C31H28N2O3S2/c34-31(35)33-16-15-25(27(18-33)36-19-20-9-10-21-5-1-2-6-24(21)17-20)22-11-13-23(14-12-22)29(37)30-32-26-7-3-4-8-28(26)38-30/h1-14,17,25,27,29,37H,15-16,18-19H2,(H,34,35)/p-1. The third kappa shape index (κ3) is 5.14. The van der Waals surface area contributed by atoms with Crippen molar-refractivity contribution < 1.29 is 14.6 Å². The molecule has 5 aromatic rings. The number of thiazole rings is 1. The molecule has 4 aromatic carbocycles. The summed E-state index contributed by atoms with van der Waals surface area (Å²) in [6.45, 7) is 1.15. The number of carboxylic acid groups (broad SMARTS) is 1. The monoisotopic (exact) mass is 539 g/mol. The number of carbonyl (C=O) groups excluding carboxylic acids is 1. The Morgan fingerprint density at radius 2 is 1.79 bits per heavy atom. The molecule has 1 aromatic heterocycles. The summed E-state index contributed by atoms with van der Waals surface area (Å²) >= 11 is 6.54. The summed E-state index contributed by atoms with van der Waals surface area (Å²) in [5, 5.41) is 14.8. The lowest BCUT2D eigenvalue weighted by atomic mass is 9.86. The number of aromatic nitrogens is 1. The average molecular weight is 540 g/mol. The van der Waals surface area contributed by atoms with Crippen molar-refractivity contribution >= 4 is 51.0 Å². The molecule has 0 N–H and O–H groups in total. The highest BCUT2D eigenvalue weighted by molar-refractivity contribution is 7.81. The van der Waals surface area contributed by atoms with Gasteiger partial charge in [0, 0.05) is 19.0 Å². The van der Waals surface area contributed by atoms with E-state index in [0.717, 1.165) is 37.3 Å². The van der Waals surface area contributed by atoms with Gasteiger partial charge in [-0.3, -0.25) is 0 Å². The van der Waals surface area contributed by atoms with E-state index in [4.69, 9.17) is 22.3 Å². The first-order valence-corrected chi connectivity index (χ1v) is 14.1. The van der Waals surface area contributed by atoms with Crippen LogP contribution in [0.4, 0.5) is 4.79 Å². The van der Waals surface area contributed by atoms with E-state index in [1.807, 2.05) is 30.3 Å². The zero-order chi connectivity index (χ0) is 26.1. The molecule has 1 saturated heterocycles. The number of hydrogen-bond acceptors (Lipinski definition) is 6. The molecular weight excluding hydrogens is 512 g/mol. The largest absolute Gasteiger partial charge is 0.530 e. The Labute approximate surface area is 231 Å². The summed E-state index contributed by atoms with van der Waals surface area (Å²) in [5.41, 5.74) is 4.28. The number of amides is 1. The minimum atomic E-state index is -1.15. The van der Waals surface area contributed by atoms with Crippen LogP contribution in [0.15, 0.2) is 91.0 Å². The summed E-state index contributed by atoms with van der Waals surface area (Å²) in [6.07, 6.45) is -0.736. The second-order valence-corrected chi connectivity index (χ2v) is 11.3. The number of carbonyl (C=O) groups is 1.